The second-order valence-corrected chi connectivity index (χ2v) is 16.9. The molecule has 4 aliphatic rings. The smallest absolute Gasteiger partial charge is 0.0596 e. The zero-order chi connectivity index (χ0) is 34.6. The number of alkyl halides is 1. The summed E-state index contributed by atoms with van der Waals surface area (Å²) < 4.78 is 1.13. The molecule has 1 aromatic rings. The van der Waals surface area contributed by atoms with Crippen LogP contribution in [0, 0.1) is 36.5 Å². The lowest BCUT2D eigenvalue weighted by molar-refractivity contribution is 0.102. The molecule has 8 unspecified atom stereocenters. The van der Waals surface area contributed by atoms with Crippen molar-refractivity contribution in [3.63, 3.8) is 0 Å². The third-order valence-electron chi connectivity index (χ3n) is 11.7. The molecule has 4 aliphatic carbocycles. The maximum atomic E-state index is 4.79. The topological polar surface area (TPSA) is 6.48 Å². The minimum absolute atomic E-state index is 0.262. The number of halogens is 1. The Hall–Kier alpha value is -2.27. The number of allylic oxidation sites excluding steroid dienone is 10. The van der Waals surface area contributed by atoms with Crippen LogP contribution in [0.4, 0.5) is 5.69 Å². The SMILES string of the molecule is C=C(/C=C\C=C(C)C)N(/C(C=C(C)C)=C/C)C1C2=CC=CCC2C(N(c2cccc(C)c2)C23CC(C)CCC2C3)C(CCCC)C1CI. The predicted octanol–water partition coefficient (Wildman–Crippen LogP) is 12.7. The Kier molecular flexibility index (Phi) is 12.5. The normalized spacial score (nSPS) is 31.0. The highest BCUT2D eigenvalue weighted by Crippen LogP contribution is 2.63. The van der Waals surface area contributed by atoms with E-state index in [9.17, 15) is 0 Å². The first-order chi connectivity index (χ1) is 23.1. The van der Waals surface area contributed by atoms with E-state index in [1.807, 2.05) is 0 Å². The number of benzene rings is 1. The highest BCUT2D eigenvalue weighted by Gasteiger charge is 2.64. The first-order valence-corrected chi connectivity index (χ1v) is 20.5. The predicted molar refractivity (Wildman–Crippen MR) is 219 cm³/mol. The molecule has 0 bridgehead atoms. The molecule has 2 nitrogen and oxygen atoms in total. The van der Waals surface area contributed by atoms with E-state index in [4.69, 9.17) is 6.58 Å². The summed E-state index contributed by atoms with van der Waals surface area (Å²) in [6.07, 6.45) is 29.1. The van der Waals surface area contributed by atoms with E-state index < -0.39 is 0 Å². The molecule has 3 fully saturated rings. The Morgan fingerprint density at radius 2 is 1.88 bits per heavy atom. The van der Waals surface area contributed by atoms with Crippen molar-refractivity contribution in [1.29, 1.82) is 0 Å². The molecule has 0 N–H and O–H groups in total. The summed E-state index contributed by atoms with van der Waals surface area (Å²) in [5.74, 6) is 3.15. The van der Waals surface area contributed by atoms with Gasteiger partial charge < -0.3 is 9.80 Å². The minimum Gasteiger partial charge on any atom is -0.362 e. The number of rotatable bonds is 13. The molecule has 3 heteroatoms. The summed E-state index contributed by atoms with van der Waals surface area (Å²) in [5.41, 5.74) is 9.73. The van der Waals surface area contributed by atoms with Crippen LogP contribution in [-0.4, -0.2) is 27.0 Å². The third kappa shape index (κ3) is 7.72. The largest absolute Gasteiger partial charge is 0.362 e. The van der Waals surface area contributed by atoms with E-state index in [2.05, 4.69) is 161 Å². The fourth-order valence-corrected chi connectivity index (χ4v) is 10.8. The van der Waals surface area contributed by atoms with Gasteiger partial charge in [0.15, 0.2) is 0 Å². The van der Waals surface area contributed by atoms with Crippen LogP contribution < -0.4 is 4.90 Å². The Morgan fingerprint density at radius 3 is 2.54 bits per heavy atom. The van der Waals surface area contributed by atoms with Gasteiger partial charge in [0.2, 0.25) is 0 Å². The van der Waals surface area contributed by atoms with Gasteiger partial charge in [0.1, 0.15) is 0 Å². The number of hydrogen-bond acceptors (Lipinski definition) is 2. The number of unbranched alkanes of at least 4 members (excludes halogenated alkanes) is 1. The van der Waals surface area contributed by atoms with Crippen molar-refractivity contribution in [1.82, 2.24) is 4.90 Å². The highest BCUT2D eigenvalue weighted by molar-refractivity contribution is 14.1. The average molecular weight is 759 g/mol. The van der Waals surface area contributed by atoms with Gasteiger partial charge in [-0.25, -0.2) is 0 Å². The molecule has 0 saturated heterocycles. The molecular weight excluding hydrogens is 695 g/mol. The van der Waals surface area contributed by atoms with Crippen LogP contribution in [0.5, 0.6) is 0 Å². The van der Waals surface area contributed by atoms with Gasteiger partial charge in [-0.3, -0.25) is 0 Å². The molecule has 0 aliphatic heterocycles. The van der Waals surface area contributed by atoms with Gasteiger partial charge in [-0.2, -0.15) is 0 Å². The fourth-order valence-electron chi connectivity index (χ4n) is 9.69. The second-order valence-electron chi connectivity index (χ2n) is 16.0. The minimum atomic E-state index is 0.262. The number of aryl methyl sites for hydroxylation is 1. The standard InChI is InChI=1S/C45H63IN2/c1-10-12-21-41-42(30-46)43(47(37(11-2)26-32(5)6)35(9)19-15-17-31(3)4)39-22-13-14-23-40(39)44(41)48(38-20-16-18-33(7)27-38)45-28-34(8)24-25-36(45)29-45/h11,13-20,22,26-27,34,36,40-44H,9-10,12,21,23-25,28-30H2,1-8H3/b19-15-,37-11+. The first-order valence-electron chi connectivity index (χ1n) is 19.0. The van der Waals surface area contributed by atoms with E-state index >= 15 is 0 Å². The van der Waals surface area contributed by atoms with Gasteiger partial charge in [0, 0.05) is 39.0 Å². The van der Waals surface area contributed by atoms with Crippen molar-refractivity contribution in [2.75, 3.05) is 9.33 Å². The van der Waals surface area contributed by atoms with Crippen molar-refractivity contribution >= 4 is 28.3 Å². The molecule has 48 heavy (non-hydrogen) atoms. The lowest BCUT2D eigenvalue weighted by atomic mass is 9.60. The van der Waals surface area contributed by atoms with E-state index in [-0.39, 0.29) is 6.04 Å². The zero-order valence-corrected chi connectivity index (χ0v) is 33.5. The molecule has 1 aromatic carbocycles. The molecule has 0 spiro atoms. The van der Waals surface area contributed by atoms with Crippen molar-refractivity contribution in [2.45, 2.75) is 124 Å². The van der Waals surface area contributed by atoms with Gasteiger partial charge in [-0.05, 0) is 133 Å². The van der Waals surface area contributed by atoms with Crippen LogP contribution in [0.25, 0.3) is 0 Å². The van der Waals surface area contributed by atoms with Crippen molar-refractivity contribution in [2.24, 2.45) is 29.6 Å². The Labute approximate surface area is 308 Å². The van der Waals surface area contributed by atoms with E-state index in [0.717, 1.165) is 28.4 Å². The van der Waals surface area contributed by atoms with Crippen molar-refractivity contribution < 1.29 is 0 Å². The molecule has 0 amide bonds. The molecule has 0 heterocycles. The summed E-state index contributed by atoms with van der Waals surface area (Å²) in [4.78, 5) is 5.73. The lowest BCUT2D eigenvalue weighted by Crippen LogP contribution is -2.63. The summed E-state index contributed by atoms with van der Waals surface area (Å²) in [5, 5.41) is 0. The van der Waals surface area contributed by atoms with E-state index in [1.165, 1.54) is 73.0 Å². The summed E-state index contributed by atoms with van der Waals surface area (Å²) in [6, 6.07) is 10.3. The fraction of sp³-hybridized carbons (Fsp3) is 0.556. The van der Waals surface area contributed by atoms with Crippen LogP contribution in [0.3, 0.4) is 0 Å². The molecule has 260 valence electrons. The average Bonchev–Trinajstić information content (AvgIpc) is 3.77. The Bertz CT molecular complexity index is 1480. The Balaban J connectivity index is 1.72. The van der Waals surface area contributed by atoms with Crippen LogP contribution in [-0.2, 0) is 0 Å². The van der Waals surface area contributed by atoms with Gasteiger partial charge >= 0.3 is 0 Å². The number of hydrogen-bond donors (Lipinski definition) is 0. The van der Waals surface area contributed by atoms with Crippen LogP contribution in [0.1, 0.15) is 105 Å². The molecular formula is C45H63IN2. The van der Waals surface area contributed by atoms with Crippen molar-refractivity contribution in [3.05, 3.63) is 113 Å². The molecule has 0 aromatic heterocycles. The zero-order valence-electron chi connectivity index (χ0n) is 31.3. The maximum absolute atomic E-state index is 4.79. The van der Waals surface area contributed by atoms with Crippen LogP contribution in [0.15, 0.2) is 108 Å². The van der Waals surface area contributed by atoms with Gasteiger partial charge in [-0.1, -0.05) is 122 Å². The van der Waals surface area contributed by atoms with E-state index in [0.29, 0.717) is 29.3 Å². The molecule has 0 radical (unpaired) electrons. The molecule has 5 rings (SSSR count). The number of anilines is 1. The molecule has 8 atom stereocenters. The number of fused-ring (bicyclic) bond motifs is 2. The highest BCUT2D eigenvalue weighted by atomic mass is 127. The molecule has 3 saturated carbocycles. The van der Waals surface area contributed by atoms with E-state index in [1.54, 1.807) is 5.57 Å². The van der Waals surface area contributed by atoms with Crippen LogP contribution >= 0.6 is 22.6 Å². The Morgan fingerprint density at radius 1 is 1.08 bits per heavy atom. The maximum Gasteiger partial charge on any atom is 0.0596 e. The monoisotopic (exact) mass is 758 g/mol. The lowest BCUT2D eigenvalue weighted by Gasteiger charge is -2.59. The third-order valence-corrected chi connectivity index (χ3v) is 12.8. The van der Waals surface area contributed by atoms with Crippen molar-refractivity contribution in [3.8, 4) is 0 Å². The van der Waals surface area contributed by atoms with Gasteiger partial charge in [-0.15, -0.1) is 0 Å². The van der Waals surface area contributed by atoms with Gasteiger partial charge in [0.25, 0.3) is 0 Å². The second kappa shape index (κ2) is 16.2. The summed E-state index contributed by atoms with van der Waals surface area (Å²) >= 11 is 2.75. The summed E-state index contributed by atoms with van der Waals surface area (Å²) in [7, 11) is 0. The van der Waals surface area contributed by atoms with Gasteiger partial charge in [0.05, 0.1) is 6.04 Å². The first kappa shape index (κ1) is 37.0. The number of nitrogens with zero attached hydrogens (tertiary/aromatic N) is 2. The quantitative estimate of drug-likeness (QED) is 0.112. The summed E-state index contributed by atoms with van der Waals surface area (Å²) in [6.45, 7) is 23.0. The van der Waals surface area contributed by atoms with Crippen LogP contribution in [0.2, 0.25) is 0 Å².